The Morgan fingerprint density at radius 3 is 1.62 bits per heavy atom. The van der Waals surface area contributed by atoms with Crippen LogP contribution >= 0.6 is 0 Å². The van der Waals surface area contributed by atoms with E-state index in [4.69, 9.17) is 9.47 Å². The topological polar surface area (TPSA) is 81.8 Å². The third-order valence-electron chi connectivity index (χ3n) is 3.68. The molecule has 0 aliphatic heterocycles. The summed E-state index contributed by atoms with van der Waals surface area (Å²) in [5.74, 6) is -0.245. The van der Waals surface area contributed by atoms with E-state index < -0.39 is 4.92 Å². The summed E-state index contributed by atoms with van der Waals surface area (Å²) < 4.78 is 11.2. The van der Waals surface area contributed by atoms with Gasteiger partial charge in [0, 0.05) is 12.1 Å². The smallest absolute Gasteiger partial charge is 0.352 e. The summed E-state index contributed by atoms with van der Waals surface area (Å²) in [4.78, 5) is 11.0. The normalized spacial score (nSPS) is 10.3. The standard InChI is InChI=1S/C20H17NO5/c22-17-11-18(25-13-15-7-3-1-4-8-15)20(21(23)24)19(12-17)26-14-16-9-5-2-6-10-16/h1-12,22H,13-14H2. The molecule has 6 nitrogen and oxygen atoms in total. The zero-order chi connectivity index (χ0) is 18.4. The van der Waals surface area contributed by atoms with Crippen molar-refractivity contribution in [1.29, 1.82) is 0 Å². The first-order chi connectivity index (χ1) is 12.6. The van der Waals surface area contributed by atoms with Crippen LogP contribution in [-0.2, 0) is 13.2 Å². The molecule has 0 bridgehead atoms. The van der Waals surface area contributed by atoms with Crippen LogP contribution in [0.4, 0.5) is 5.69 Å². The van der Waals surface area contributed by atoms with E-state index in [1.807, 2.05) is 60.7 Å². The van der Waals surface area contributed by atoms with Gasteiger partial charge in [-0.2, -0.15) is 0 Å². The lowest BCUT2D eigenvalue weighted by Crippen LogP contribution is -2.03. The third kappa shape index (κ3) is 4.30. The minimum atomic E-state index is -0.569. The Labute approximate surface area is 150 Å². The van der Waals surface area contributed by atoms with Crippen LogP contribution in [0.3, 0.4) is 0 Å². The molecule has 0 saturated carbocycles. The van der Waals surface area contributed by atoms with E-state index in [2.05, 4.69) is 0 Å². The first-order valence-electron chi connectivity index (χ1n) is 7.98. The molecule has 0 spiro atoms. The molecule has 0 atom stereocenters. The van der Waals surface area contributed by atoms with Gasteiger partial charge in [0.25, 0.3) is 0 Å². The first-order valence-corrected chi connectivity index (χ1v) is 7.98. The highest BCUT2D eigenvalue weighted by molar-refractivity contribution is 5.60. The van der Waals surface area contributed by atoms with Gasteiger partial charge in [-0.3, -0.25) is 10.1 Å². The van der Waals surface area contributed by atoms with Gasteiger partial charge in [0.05, 0.1) is 4.92 Å². The molecule has 0 heterocycles. The Morgan fingerprint density at radius 2 is 1.23 bits per heavy atom. The quantitative estimate of drug-likeness (QED) is 0.502. The molecule has 0 radical (unpaired) electrons. The van der Waals surface area contributed by atoms with Crippen LogP contribution in [0.1, 0.15) is 11.1 Å². The molecule has 132 valence electrons. The van der Waals surface area contributed by atoms with Crippen LogP contribution in [0.5, 0.6) is 17.2 Å². The van der Waals surface area contributed by atoms with Gasteiger partial charge in [-0.15, -0.1) is 0 Å². The molecule has 26 heavy (non-hydrogen) atoms. The maximum Gasteiger partial charge on any atom is 0.352 e. The molecule has 0 saturated heterocycles. The fraction of sp³-hybridized carbons (Fsp3) is 0.100. The van der Waals surface area contributed by atoms with E-state index in [0.717, 1.165) is 11.1 Å². The van der Waals surface area contributed by atoms with Crippen LogP contribution < -0.4 is 9.47 Å². The predicted octanol–water partition coefficient (Wildman–Crippen LogP) is 4.46. The van der Waals surface area contributed by atoms with Crippen molar-refractivity contribution in [3.8, 4) is 17.2 Å². The lowest BCUT2D eigenvalue weighted by Gasteiger charge is -2.12. The van der Waals surface area contributed by atoms with Gasteiger partial charge in [-0.25, -0.2) is 0 Å². The van der Waals surface area contributed by atoms with Crippen molar-refractivity contribution in [2.75, 3.05) is 0 Å². The Kier molecular flexibility index (Phi) is 5.34. The number of nitro benzene ring substituents is 1. The molecule has 6 heteroatoms. The number of phenolic OH excluding ortho intramolecular Hbond substituents is 1. The van der Waals surface area contributed by atoms with E-state index in [1.54, 1.807) is 0 Å². The number of hydrogen-bond acceptors (Lipinski definition) is 5. The maximum atomic E-state index is 11.5. The van der Waals surface area contributed by atoms with E-state index >= 15 is 0 Å². The summed E-state index contributed by atoms with van der Waals surface area (Å²) in [6.07, 6.45) is 0. The van der Waals surface area contributed by atoms with Crippen LogP contribution in [0.15, 0.2) is 72.8 Å². The monoisotopic (exact) mass is 351 g/mol. The minimum absolute atomic E-state index is 0.0399. The number of hydrogen-bond donors (Lipinski definition) is 1. The third-order valence-corrected chi connectivity index (χ3v) is 3.68. The summed E-state index contributed by atoms with van der Waals surface area (Å²) in [7, 11) is 0. The second kappa shape index (κ2) is 8.02. The Morgan fingerprint density at radius 1 is 0.808 bits per heavy atom. The Hall–Kier alpha value is -3.54. The van der Waals surface area contributed by atoms with E-state index in [9.17, 15) is 15.2 Å². The SMILES string of the molecule is O=[N+]([O-])c1c(OCc2ccccc2)cc(O)cc1OCc1ccccc1. The van der Waals surface area contributed by atoms with Gasteiger partial charge in [0.2, 0.25) is 11.5 Å². The lowest BCUT2D eigenvalue weighted by molar-refractivity contribution is -0.387. The summed E-state index contributed by atoms with van der Waals surface area (Å²) >= 11 is 0. The predicted molar refractivity (Wildman–Crippen MR) is 96.3 cm³/mol. The number of phenols is 1. The minimum Gasteiger partial charge on any atom is -0.508 e. The van der Waals surface area contributed by atoms with E-state index in [1.165, 1.54) is 12.1 Å². The molecule has 0 aliphatic carbocycles. The van der Waals surface area contributed by atoms with Crippen molar-refractivity contribution in [2.45, 2.75) is 13.2 Å². The fourth-order valence-electron chi connectivity index (χ4n) is 2.44. The highest BCUT2D eigenvalue weighted by Gasteiger charge is 2.24. The lowest BCUT2D eigenvalue weighted by atomic mass is 10.2. The summed E-state index contributed by atoms with van der Waals surface area (Å²) in [5, 5.41) is 21.5. The molecule has 3 aromatic rings. The average Bonchev–Trinajstić information content (AvgIpc) is 2.65. The molecule has 3 aromatic carbocycles. The fourth-order valence-corrected chi connectivity index (χ4v) is 2.44. The second-order valence-corrected chi connectivity index (χ2v) is 5.60. The van der Waals surface area contributed by atoms with Crippen molar-refractivity contribution >= 4 is 5.69 Å². The summed E-state index contributed by atoms with van der Waals surface area (Å²) in [5.41, 5.74) is 1.41. The van der Waals surface area contributed by atoms with Gasteiger partial charge in [0.15, 0.2) is 0 Å². The van der Waals surface area contributed by atoms with Crippen molar-refractivity contribution in [3.05, 3.63) is 94.0 Å². The molecule has 0 aromatic heterocycles. The Balaban J connectivity index is 1.84. The Bertz CT molecular complexity index is 817. The molecule has 0 aliphatic rings. The molecule has 0 fully saturated rings. The van der Waals surface area contributed by atoms with Crippen LogP contribution in [0, 0.1) is 10.1 Å². The van der Waals surface area contributed by atoms with E-state index in [0.29, 0.717) is 0 Å². The van der Waals surface area contributed by atoms with Crippen molar-refractivity contribution in [2.24, 2.45) is 0 Å². The van der Waals surface area contributed by atoms with Crippen molar-refractivity contribution in [1.82, 2.24) is 0 Å². The number of nitrogens with zero attached hydrogens (tertiary/aromatic N) is 1. The summed E-state index contributed by atoms with van der Waals surface area (Å²) in [6, 6.07) is 21.0. The zero-order valence-corrected chi connectivity index (χ0v) is 13.9. The van der Waals surface area contributed by atoms with Gasteiger partial charge < -0.3 is 14.6 Å². The van der Waals surface area contributed by atoms with Gasteiger partial charge in [0.1, 0.15) is 19.0 Å². The number of aromatic hydroxyl groups is 1. The number of ether oxygens (including phenoxy) is 2. The van der Waals surface area contributed by atoms with Gasteiger partial charge in [-0.05, 0) is 11.1 Å². The van der Waals surface area contributed by atoms with Crippen LogP contribution in [0.25, 0.3) is 0 Å². The van der Waals surface area contributed by atoms with E-state index in [-0.39, 0.29) is 36.1 Å². The van der Waals surface area contributed by atoms with Crippen LogP contribution in [0.2, 0.25) is 0 Å². The number of benzene rings is 3. The molecule has 3 rings (SSSR count). The average molecular weight is 351 g/mol. The molecule has 0 unspecified atom stereocenters. The number of rotatable bonds is 7. The summed E-state index contributed by atoms with van der Waals surface area (Å²) in [6.45, 7) is 0.284. The first kappa shape index (κ1) is 17.3. The molecule has 0 amide bonds. The molecular formula is C20H17NO5. The highest BCUT2D eigenvalue weighted by Crippen LogP contribution is 2.41. The zero-order valence-electron chi connectivity index (χ0n) is 13.9. The van der Waals surface area contributed by atoms with Gasteiger partial charge in [-0.1, -0.05) is 60.7 Å². The molecule has 1 N–H and O–H groups in total. The van der Waals surface area contributed by atoms with Crippen molar-refractivity contribution in [3.63, 3.8) is 0 Å². The number of nitro groups is 1. The van der Waals surface area contributed by atoms with Crippen molar-refractivity contribution < 1.29 is 19.5 Å². The maximum absolute atomic E-state index is 11.5. The largest absolute Gasteiger partial charge is 0.508 e. The second-order valence-electron chi connectivity index (χ2n) is 5.60. The van der Waals surface area contributed by atoms with Gasteiger partial charge >= 0.3 is 5.69 Å². The van der Waals surface area contributed by atoms with Crippen LogP contribution in [-0.4, -0.2) is 10.0 Å². The molecular weight excluding hydrogens is 334 g/mol. The highest BCUT2D eigenvalue weighted by atomic mass is 16.6.